The SMILES string of the molecule is CCSC(C)[C@H](NCC(=O)OC)C(O)C(=O)NC(=O)CCCc1ccccc1. The largest absolute Gasteiger partial charge is 0.468 e. The summed E-state index contributed by atoms with van der Waals surface area (Å²) in [4.78, 5) is 35.7. The van der Waals surface area contributed by atoms with E-state index in [0.717, 1.165) is 17.7 Å². The Labute approximate surface area is 170 Å². The molecule has 3 atom stereocenters. The molecule has 0 aliphatic heterocycles. The van der Waals surface area contributed by atoms with Crippen molar-refractivity contribution < 1.29 is 24.2 Å². The first kappa shape index (κ1) is 24.1. The minimum atomic E-state index is -1.46. The molecule has 0 aromatic heterocycles. The van der Waals surface area contributed by atoms with Crippen LogP contribution in [-0.2, 0) is 25.5 Å². The summed E-state index contributed by atoms with van der Waals surface area (Å²) in [5.74, 6) is -0.911. The highest BCUT2D eigenvalue weighted by Crippen LogP contribution is 2.16. The molecule has 28 heavy (non-hydrogen) atoms. The zero-order chi connectivity index (χ0) is 20.9. The third-order valence-electron chi connectivity index (χ3n) is 4.23. The van der Waals surface area contributed by atoms with Gasteiger partial charge in [0.05, 0.1) is 19.7 Å². The molecule has 0 saturated heterocycles. The molecule has 0 spiro atoms. The van der Waals surface area contributed by atoms with Gasteiger partial charge in [0, 0.05) is 11.7 Å². The highest BCUT2D eigenvalue weighted by atomic mass is 32.2. The van der Waals surface area contributed by atoms with E-state index >= 15 is 0 Å². The standard InChI is InChI=1S/C20H30N2O5S/c1-4-28-14(2)18(21-13-17(24)27-3)19(25)20(26)22-16(23)12-8-11-15-9-6-5-7-10-15/h5-7,9-10,14,18-19,21,25H,4,8,11-13H2,1-3H3,(H,22,23,26)/t14?,18-,19?/m0/s1. The van der Waals surface area contributed by atoms with Gasteiger partial charge in [-0.25, -0.2) is 0 Å². The van der Waals surface area contributed by atoms with Crippen LogP contribution in [0.15, 0.2) is 30.3 Å². The minimum absolute atomic E-state index is 0.134. The maximum Gasteiger partial charge on any atom is 0.319 e. The number of esters is 1. The van der Waals surface area contributed by atoms with E-state index in [0.29, 0.717) is 6.42 Å². The molecule has 7 nitrogen and oxygen atoms in total. The summed E-state index contributed by atoms with van der Waals surface area (Å²) in [6, 6.07) is 9.08. The van der Waals surface area contributed by atoms with Crippen molar-refractivity contribution >= 4 is 29.5 Å². The number of hydrogen-bond donors (Lipinski definition) is 3. The van der Waals surface area contributed by atoms with E-state index in [4.69, 9.17) is 0 Å². The average Bonchev–Trinajstić information content (AvgIpc) is 2.68. The van der Waals surface area contributed by atoms with Gasteiger partial charge >= 0.3 is 5.97 Å². The normalized spacial score (nSPS) is 14.0. The Bertz CT molecular complexity index is 626. The lowest BCUT2D eigenvalue weighted by molar-refractivity contribution is -0.141. The van der Waals surface area contributed by atoms with Crippen LogP contribution in [0.1, 0.15) is 32.3 Å². The third-order valence-corrected chi connectivity index (χ3v) is 5.38. The molecule has 1 rings (SSSR count). The van der Waals surface area contributed by atoms with Crippen molar-refractivity contribution in [1.82, 2.24) is 10.6 Å². The van der Waals surface area contributed by atoms with Crippen LogP contribution >= 0.6 is 11.8 Å². The second kappa shape index (κ2) is 13.3. The molecule has 0 aliphatic rings. The second-order valence-corrected chi connectivity index (χ2v) is 7.99. The van der Waals surface area contributed by atoms with Crippen molar-refractivity contribution in [2.24, 2.45) is 0 Å². The number of carbonyl (C=O) groups is 3. The summed E-state index contributed by atoms with van der Waals surface area (Å²) in [5.41, 5.74) is 1.12. The summed E-state index contributed by atoms with van der Waals surface area (Å²) >= 11 is 1.54. The Morgan fingerprint density at radius 1 is 1.21 bits per heavy atom. The molecule has 2 unspecified atom stereocenters. The minimum Gasteiger partial charge on any atom is -0.468 e. The first-order chi connectivity index (χ1) is 13.4. The van der Waals surface area contributed by atoms with Gasteiger partial charge in [-0.2, -0.15) is 11.8 Å². The molecule has 1 aromatic rings. The second-order valence-electron chi connectivity index (χ2n) is 6.34. The van der Waals surface area contributed by atoms with E-state index < -0.39 is 29.9 Å². The number of thioether (sulfide) groups is 1. The van der Waals surface area contributed by atoms with Gasteiger partial charge in [-0.3, -0.25) is 19.7 Å². The Hall–Kier alpha value is -1.90. The van der Waals surface area contributed by atoms with E-state index in [1.54, 1.807) is 0 Å². The summed E-state index contributed by atoms with van der Waals surface area (Å²) in [5, 5.41) is 15.4. The molecule has 0 aliphatic carbocycles. The van der Waals surface area contributed by atoms with E-state index in [9.17, 15) is 19.5 Å². The number of amides is 2. The van der Waals surface area contributed by atoms with Gasteiger partial charge in [-0.05, 0) is 24.2 Å². The fourth-order valence-electron chi connectivity index (χ4n) is 2.71. The Morgan fingerprint density at radius 3 is 2.50 bits per heavy atom. The fourth-order valence-corrected chi connectivity index (χ4v) is 3.69. The van der Waals surface area contributed by atoms with Crippen LogP contribution in [0.3, 0.4) is 0 Å². The Balaban J connectivity index is 2.54. The van der Waals surface area contributed by atoms with Crippen molar-refractivity contribution in [1.29, 1.82) is 0 Å². The number of aryl methyl sites for hydroxylation is 1. The number of nitrogens with one attached hydrogen (secondary N) is 2. The van der Waals surface area contributed by atoms with E-state index in [-0.39, 0.29) is 18.2 Å². The van der Waals surface area contributed by atoms with Crippen LogP contribution < -0.4 is 10.6 Å². The number of ether oxygens (including phenoxy) is 1. The molecule has 8 heteroatoms. The lowest BCUT2D eigenvalue weighted by Gasteiger charge is -2.28. The predicted octanol–water partition coefficient (Wildman–Crippen LogP) is 1.29. The van der Waals surface area contributed by atoms with Gasteiger partial charge in [-0.1, -0.05) is 44.2 Å². The van der Waals surface area contributed by atoms with Gasteiger partial charge in [-0.15, -0.1) is 0 Å². The Morgan fingerprint density at radius 2 is 1.89 bits per heavy atom. The number of aliphatic hydroxyl groups excluding tert-OH is 1. The first-order valence-corrected chi connectivity index (χ1v) is 10.4. The van der Waals surface area contributed by atoms with Crippen LogP contribution in [0.4, 0.5) is 0 Å². The molecule has 156 valence electrons. The summed E-state index contributed by atoms with van der Waals surface area (Å²) in [6.07, 6.45) is 0.0632. The monoisotopic (exact) mass is 410 g/mol. The molecule has 0 saturated carbocycles. The number of imide groups is 1. The predicted molar refractivity (Wildman–Crippen MR) is 110 cm³/mol. The maximum atomic E-state index is 12.3. The topological polar surface area (TPSA) is 105 Å². The van der Waals surface area contributed by atoms with Crippen molar-refractivity contribution in [3.63, 3.8) is 0 Å². The summed E-state index contributed by atoms with van der Waals surface area (Å²) in [6.45, 7) is 3.67. The number of benzene rings is 1. The molecule has 0 radical (unpaired) electrons. The van der Waals surface area contributed by atoms with Gasteiger partial charge in [0.15, 0.2) is 0 Å². The molecule has 0 fully saturated rings. The quantitative estimate of drug-likeness (QED) is 0.446. The van der Waals surface area contributed by atoms with Crippen molar-refractivity contribution in [3.05, 3.63) is 35.9 Å². The number of rotatable bonds is 12. The lowest BCUT2D eigenvalue weighted by Crippen LogP contribution is -2.55. The van der Waals surface area contributed by atoms with Crippen molar-refractivity contribution in [2.75, 3.05) is 19.4 Å². The lowest BCUT2D eigenvalue weighted by atomic mass is 10.1. The van der Waals surface area contributed by atoms with Crippen LogP contribution in [-0.4, -0.2) is 59.7 Å². The zero-order valence-corrected chi connectivity index (χ0v) is 17.5. The van der Waals surface area contributed by atoms with Gasteiger partial charge in [0.2, 0.25) is 5.91 Å². The van der Waals surface area contributed by atoms with Crippen LogP contribution in [0.25, 0.3) is 0 Å². The third kappa shape index (κ3) is 8.86. The smallest absolute Gasteiger partial charge is 0.319 e. The van der Waals surface area contributed by atoms with E-state index in [1.807, 2.05) is 44.2 Å². The van der Waals surface area contributed by atoms with Gasteiger partial charge in [0.25, 0.3) is 5.91 Å². The zero-order valence-electron chi connectivity index (χ0n) is 16.6. The van der Waals surface area contributed by atoms with E-state index in [2.05, 4.69) is 15.4 Å². The molecule has 0 heterocycles. The number of aliphatic hydroxyl groups is 1. The molecule has 0 bridgehead atoms. The summed E-state index contributed by atoms with van der Waals surface area (Å²) < 4.78 is 4.58. The van der Waals surface area contributed by atoms with Crippen molar-refractivity contribution in [2.45, 2.75) is 50.5 Å². The fraction of sp³-hybridized carbons (Fsp3) is 0.550. The molecule has 2 amide bonds. The number of methoxy groups -OCH3 is 1. The highest BCUT2D eigenvalue weighted by Gasteiger charge is 2.31. The summed E-state index contributed by atoms with van der Waals surface area (Å²) in [7, 11) is 1.26. The first-order valence-electron chi connectivity index (χ1n) is 9.36. The molecular formula is C20H30N2O5S. The van der Waals surface area contributed by atoms with Crippen molar-refractivity contribution in [3.8, 4) is 0 Å². The highest BCUT2D eigenvalue weighted by molar-refractivity contribution is 7.99. The van der Waals surface area contributed by atoms with Gasteiger partial charge in [0.1, 0.15) is 6.10 Å². The Kier molecular flexibility index (Phi) is 11.5. The maximum absolute atomic E-state index is 12.3. The van der Waals surface area contributed by atoms with Crippen LogP contribution in [0.5, 0.6) is 0 Å². The van der Waals surface area contributed by atoms with Gasteiger partial charge < -0.3 is 15.2 Å². The number of hydrogen-bond acceptors (Lipinski definition) is 7. The number of carbonyl (C=O) groups excluding carboxylic acids is 3. The average molecular weight is 411 g/mol. The molecule has 3 N–H and O–H groups in total. The molecular weight excluding hydrogens is 380 g/mol. The van der Waals surface area contributed by atoms with E-state index in [1.165, 1.54) is 18.9 Å². The van der Waals surface area contributed by atoms with Crippen LogP contribution in [0, 0.1) is 0 Å². The van der Waals surface area contributed by atoms with Crippen LogP contribution in [0.2, 0.25) is 0 Å². The molecule has 1 aromatic carbocycles.